The number of carbonyl (C=O) groups excluding carboxylic acids is 2. The maximum atomic E-state index is 13.1. The number of fused-ring (bicyclic) bond motifs is 1. The Kier molecular flexibility index (Phi) is 5.59. The third kappa shape index (κ3) is 3.73. The molecule has 27 heavy (non-hydrogen) atoms. The molecule has 0 aromatic carbocycles. The zero-order valence-corrected chi connectivity index (χ0v) is 15.9. The van der Waals surface area contributed by atoms with Gasteiger partial charge in [0, 0.05) is 53.4 Å². The quantitative estimate of drug-likeness (QED) is 0.710. The summed E-state index contributed by atoms with van der Waals surface area (Å²) in [4.78, 5) is 45.0. The van der Waals surface area contributed by atoms with Crippen LogP contribution in [0.2, 0.25) is 0 Å². The first-order valence-corrected chi connectivity index (χ1v) is 8.96. The molecule has 0 bridgehead atoms. The molecule has 0 spiro atoms. The summed E-state index contributed by atoms with van der Waals surface area (Å²) in [5.41, 5.74) is 0.143. The first-order chi connectivity index (χ1) is 12.9. The van der Waals surface area contributed by atoms with Gasteiger partial charge in [-0.2, -0.15) is 0 Å². The van der Waals surface area contributed by atoms with Gasteiger partial charge in [0.15, 0.2) is 0 Å². The Morgan fingerprint density at radius 2 is 1.89 bits per heavy atom. The van der Waals surface area contributed by atoms with E-state index in [2.05, 4.69) is 4.98 Å². The lowest BCUT2D eigenvalue weighted by Gasteiger charge is -2.34. The largest absolute Gasteiger partial charge is 0.442 e. The molecule has 0 saturated carbocycles. The average Bonchev–Trinajstić information content (AvgIpc) is 3.00. The monoisotopic (exact) mass is 376 g/mol. The minimum Gasteiger partial charge on any atom is -0.442 e. The number of aryl methyl sites for hydroxylation is 2. The van der Waals surface area contributed by atoms with E-state index in [4.69, 9.17) is 9.15 Å². The van der Waals surface area contributed by atoms with E-state index in [1.54, 1.807) is 23.8 Å². The van der Waals surface area contributed by atoms with E-state index in [1.165, 1.54) is 17.8 Å². The van der Waals surface area contributed by atoms with Gasteiger partial charge in [-0.25, -0.2) is 4.98 Å². The van der Waals surface area contributed by atoms with Crippen molar-refractivity contribution in [2.45, 2.75) is 26.8 Å². The molecule has 0 atom stereocenters. The van der Waals surface area contributed by atoms with Gasteiger partial charge in [-0.05, 0) is 13.3 Å². The molecule has 2 aromatic heterocycles. The third-order valence-electron chi connectivity index (χ3n) is 4.83. The van der Waals surface area contributed by atoms with Crippen molar-refractivity contribution >= 4 is 22.9 Å². The maximum Gasteiger partial charge on any atom is 0.265 e. The second-order valence-electron chi connectivity index (χ2n) is 6.60. The summed E-state index contributed by atoms with van der Waals surface area (Å²) < 4.78 is 12.1. The predicted octanol–water partition coefficient (Wildman–Crippen LogP) is 0.639. The van der Waals surface area contributed by atoms with Crippen LogP contribution in [0.4, 0.5) is 0 Å². The standard InChI is InChI=1S/C18H24N4O5/c1-12-14(17(24)21-8-6-20(7-9-21)13(2)23)15-16(27-12)19-11-22(18(15)25)5-4-10-26-3/h11H,4-10H2,1-3H3. The molecule has 2 aromatic rings. The summed E-state index contributed by atoms with van der Waals surface area (Å²) >= 11 is 0. The van der Waals surface area contributed by atoms with Gasteiger partial charge in [-0.15, -0.1) is 0 Å². The van der Waals surface area contributed by atoms with Crippen LogP contribution in [0, 0.1) is 6.92 Å². The highest BCUT2D eigenvalue weighted by Crippen LogP contribution is 2.23. The van der Waals surface area contributed by atoms with E-state index in [0.29, 0.717) is 51.5 Å². The van der Waals surface area contributed by atoms with Crippen molar-refractivity contribution in [3.63, 3.8) is 0 Å². The van der Waals surface area contributed by atoms with Crippen LogP contribution in [0.15, 0.2) is 15.5 Å². The Balaban J connectivity index is 1.90. The molecule has 1 saturated heterocycles. The molecular formula is C18H24N4O5. The van der Waals surface area contributed by atoms with E-state index < -0.39 is 0 Å². The molecule has 9 nitrogen and oxygen atoms in total. The second kappa shape index (κ2) is 7.91. The molecule has 1 aliphatic rings. The van der Waals surface area contributed by atoms with E-state index in [1.807, 2.05) is 0 Å². The molecule has 2 amide bonds. The van der Waals surface area contributed by atoms with Crippen LogP contribution in [0.25, 0.3) is 11.1 Å². The van der Waals surface area contributed by atoms with Crippen LogP contribution in [0.3, 0.4) is 0 Å². The molecule has 1 fully saturated rings. The van der Waals surface area contributed by atoms with Gasteiger partial charge < -0.3 is 19.0 Å². The lowest BCUT2D eigenvalue weighted by molar-refractivity contribution is -0.130. The average molecular weight is 376 g/mol. The summed E-state index contributed by atoms with van der Waals surface area (Å²) in [5.74, 6) is 0.112. The first kappa shape index (κ1) is 19.1. The number of methoxy groups -OCH3 is 1. The van der Waals surface area contributed by atoms with Crippen molar-refractivity contribution in [2.24, 2.45) is 0 Å². The normalized spacial score (nSPS) is 14.8. The molecule has 0 N–H and O–H groups in total. The van der Waals surface area contributed by atoms with Crippen molar-refractivity contribution in [3.05, 3.63) is 28.0 Å². The number of furan rings is 1. The molecule has 0 radical (unpaired) electrons. The number of carbonyl (C=O) groups is 2. The van der Waals surface area contributed by atoms with Crippen LogP contribution in [-0.2, 0) is 16.1 Å². The summed E-state index contributed by atoms with van der Waals surface area (Å²) in [6.07, 6.45) is 2.10. The van der Waals surface area contributed by atoms with Crippen molar-refractivity contribution in [3.8, 4) is 0 Å². The number of amides is 2. The lowest BCUT2D eigenvalue weighted by Crippen LogP contribution is -2.50. The van der Waals surface area contributed by atoms with E-state index in [9.17, 15) is 14.4 Å². The number of ether oxygens (including phenoxy) is 1. The number of hydrogen-bond donors (Lipinski definition) is 0. The Labute approximate surface area is 156 Å². The Bertz CT molecular complexity index is 908. The van der Waals surface area contributed by atoms with E-state index in [-0.39, 0.29) is 34.0 Å². The zero-order chi connectivity index (χ0) is 19.6. The smallest absolute Gasteiger partial charge is 0.265 e. The van der Waals surface area contributed by atoms with Crippen molar-refractivity contribution in [1.29, 1.82) is 0 Å². The molecular weight excluding hydrogens is 352 g/mol. The van der Waals surface area contributed by atoms with E-state index >= 15 is 0 Å². The number of rotatable bonds is 5. The van der Waals surface area contributed by atoms with Crippen LogP contribution < -0.4 is 5.56 Å². The molecule has 0 aliphatic carbocycles. The fraction of sp³-hybridized carbons (Fsp3) is 0.556. The highest BCUT2D eigenvalue weighted by atomic mass is 16.5. The number of nitrogens with zero attached hydrogens (tertiary/aromatic N) is 4. The SMILES string of the molecule is COCCCn1cnc2oc(C)c(C(=O)N3CCN(C(C)=O)CC3)c2c1=O. The fourth-order valence-corrected chi connectivity index (χ4v) is 3.32. The number of hydrogen-bond acceptors (Lipinski definition) is 6. The molecule has 0 unspecified atom stereocenters. The molecule has 146 valence electrons. The molecule has 9 heteroatoms. The minimum absolute atomic E-state index is 0.00446. The van der Waals surface area contributed by atoms with Gasteiger partial charge in [0.2, 0.25) is 11.6 Å². The lowest BCUT2D eigenvalue weighted by atomic mass is 10.1. The Morgan fingerprint density at radius 3 is 2.52 bits per heavy atom. The van der Waals surface area contributed by atoms with Crippen molar-refractivity contribution < 1.29 is 18.7 Å². The van der Waals surface area contributed by atoms with Crippen LogP contribution in [0.1, 0.15) is 29.5 Å². The minimum atomic E-state index is -0.293. The topological polar surface area (TPSA) is 97.9 Å². The van der Waals surface area contributed by atoms with Gasteiger partial charge in [0.05, 0.1) is 5.56 Å². The van der Waals surface area contributed by atoms with Crippen molar-refractivity contribution in [1.82, 2.24) is 19.4 Å². The first-order valence-electron chi connectivity index (χ1n) is 8.96. The van der Waals surface area contributed by atoms with Gasteiger partial charge in [-0.1, -0.05) is 0 Å². The Hall–Kier alpha value is -2.68. The van der Waals surface area contributed by atoms with Crippen LogP contribution in [0.5, 0.6) is 0 Å². The van der Waals surface area contributed by atoms with Crippen molar-refractivity contribution in [2.75, 3.05) is 39.9 Å². The van der Waals surface area contributed by atoms with Gasteiger partial charge in [0.1, 0.15) is 17.5 Å². The van der Waals surface area contributed by atoms with Crippen LogP contribution >= 0.6 is 0 Å². The van der Waals surface area contributed by atoms with E-state index in [0.717, 1.165) is 0 Å². The molecule has 1 aliphatic heterocycles. The summed E-state index contributed by atoms with van der Waals surface area (Å²) in [6, 6.07) is 0. The Morgan fingerprint density at radius 1 is 1.22 bits per heavy atom. The molecule has 3 rings (SSSR count). The summed E-state index contributed by atoms with van der Waals surface area (Å²) in [7, 11) is 1.60. The zero-order valence-electron chi connectivity index (χ0n) is 15.9. The summed E-state index contributed by atoms with van der Waals surface area (Å²) in [5, 5.41) is 0.214. The number of aromatic nitrogens is 2. The van der Waals surface area contributed by atoms with Gasteiger partial charge in [-0.3, -0.25) is 19.0 Å². The number of piperazine rings is 1. The van der Waals surface area contributed by atoms with Crippen LogP contribution in [-0.4, -0.2) is 71.1 Å². The second-order valence-corrected chi connectivity index (χ2v) is 6.60. The highest BCUT2D eigenvalue weighted by Gasteiger charge is 2.29. The fourth-order valence-electron chi connectivity index (χ4n) is 3.32. The van der Waals surface area contributed by atoms with Gasteiger partial charge >= 0.3 is 0 Å². The third-order valence-corrected chi connectivity index (χ3v) is 4.83. The predicted molar refractivity (Wildman–Crippen MR) is 97.7 cm³/mol. The molecule has 3 heterocycles. The highest BCUT2D eigenvalue weighted by molar-refractivity contribution is 6.06. The summed E-state index contributed by atoms with van der Waals surface area (Å²) in [6.45, 7) is 5.97. The van der Waals surface area contributed by atoms with Gasteiger partial charge in [0.25, 0.3) is 11.5 Å². The maximum absolute atomic E-state index is 13.1.